The maximum Gasteiger partial charge on any atom is 0.267 e. The SMILES string of the molecule is NC(=O)C1=c2[nH]c3ccccc3c2=C2C=CN1C2. The Morgan fingerprint density at radius 1 is 1.33 bits per heavy atom. The summed E-state index contributed by atoms with van der Waals surface area (Å²) in [6.45, 7) is 0.729. The molecule has 2 aliphatic rings. The number of H-pyrrole nitrogens is 1. The molecule has 0 fully saturated rings. The van der Waals surface area contributed by atoms with Crippen LogP contribution in [0.3, 0.4) is 0 Å². The van der Waals surface area contributed by atoms with Crippen LogP contribution in [0.4, 0.5) is 0 Å². The van der Waals surface area contributed by atoms with E-state index in [4.69, 9.17) is 5.73 Å². The molecule has 18 heavy (non-hydrogen) atoms. The van der Waals surface area contributed by atoms with E-state index in [0.29, 0.717) is 5.70 Å². The zero-order valence-electron chi connectivity index (χ0n) is 9.60. The van der Waals surface area contributed by atoms with Crippen LogP contribution >= 0.6 is 0 Å². The Kier molecular flexibility index (Phi) is 1.61. The molecule has 88 valence electrons. The largest absolute Gasteiger partial charge is 0.364 e. The van der Waals surface area contributed by atoms with E-state index in [1.54, 1.807) is 0 Å². The molecule has 0 saturated heterocycles. The molecule has 4 heteroatoms. The molecule has 3 N–H and O–H groups in total. The average molecular weight is 237 g/mol. The molecule has 0 aliphatic carbocycles. The van der Waals surface area contributed by atoms with Gasteiger partial charge in [-0.2, -0.15) is 0 Å². The van der Waals surface area contributed by atoms with Gasteiger partial charge < -0.3 is 15.6 Å². The minimum absolute atomic E-state index is 0.395. The first-order valence-corrected chi connectivity index (χ1v) is 5.84. The number of rotatable bonds is 1. The number of para-hydroxylation sites is 1. The molecule has 1 aromatic carbocycles. The molecular formula is C14H11N3O. The van der Waals surface area contributed by atoms with Crippen LogP contribution in [0.25, 0.3) is 22.2 Å². The van der Waals surface area contributed by atoms with E-state index in [9.17, 15) is 4.79 Å². The molecular weight excluding hydrogens is 226 g/mol. The van der Waals surface area contributed by atoms with Crippen molar-refractivity contribution in [3.05, 3.63) is 47.1 Å². The summed E-state index contributed by atoms with van der Waals surface area (Å²) >= 11 is 0. The smallest absolute Gasteiger partial charge is 0.267 e. The summed E-state index contributed by atoms with van der Waals surface area (Å²) in [4.78, 5) is 16.9. The minimum atomic E-state index is -0.395. The molecule has 2 aliphatic heterocycles. The molecule has 1 amide bonds. The number of nitrogens with two attached hydrogens (primary N) is 1. The van der Waals surface area contributed by atoms with Gasteiger partial charge in [0.1, 0.15) is 5.70 Å². The van der Waals surface area contributed by atoms with Gasteiger partial charge in [0.25, 0.3) is 5.91 Å². The molecule has 0 radical (unpaired) electrons. The van der Waals surface area contributed by atoms with Gasteiger partial charge in [-0.3, -0.25) is 4.79 Å². The molecule has 3 heterocycles. The first-order chi connectivity index (χ1) is 8.75. The Balaban J connectivity index is 2.34. The van der Waals surface area contributed by atoms with Gasteiger partial charge in [0.2, 0.25) is 0 Å². The van der Waals surface area contributed by atoms with Gasteiger partial charge in [0, 0.05) is 28.9 Å². The highest BCUT2D eigenvalue weighted by Gasteiger charge is 2.25. The van der Waals surface area contributed by atoms with E-state index >= 15 is 0 Å². The topological polar surface area (TPSA) is 62.1 Å². The van der Waals surface area contributed by atoms with Crippen molar-refractivity contribution in [2.75, 3.05) is 6.54 Å². The van der Waals surface area contributed by atoms with Crippen molar-refractivity contribution in [3.8, 4) is 0 Å². The number of nitrogens with one attached hydrogen (secondary N) is 1. The zero-order chi connectivity index (χ0) is 12.3. The van der Waals surface area contributed by atoms with Crippen LogP contribution < -0.4 is 16.3 Å². The van der Waals surface area contributed by atoms with E-state index in [1.165, 1.54) is 5.57 Å². The van der Waals surface area contributed by atoms with E-state index in [0.717, 1.165) is 28.0 Å². The molecule has 0 atom stereocenters. The molecule has 2 bridgehead atoms. The quantitative estimate of drug-likeness (QED) is 0.718. The Labute approximate surface area is 103 Å². The van der Waals surface area contributed by atoms with E-state index in [2.05, 4.69) is 17.1 Å². The van der Waals surface area contributed by atoms with Crippen LogP contribution in [0.5, 0.6) is 0 Å². The second-order valence-electron chi connectivity index (χ2n) is 4.60. The van der Waals surface area contributed by atoms with Crippen LogP contribution in [0.1, 0.15) is 0 Å². The standard InChI is InChI=1S/C14H11N3O/c15-14(18)13-12-11(8-5-6-17(13)7-8)9-3-1-2-4-10(9)16-12/h1-6,16H,7H2,(H2,15,18). The second kappa shape index (κ2) is 3.04. The Bertz CT molecular complexity index is 842. The first kappa shape index (κ1) is 9.53. The fourth-order valence-corrected chi connectivity index (χ4v) is 2.85. The number of aromatic nitrogens is 1. The number of amides is 1. The lowest BCUT2D eigenvalue weighted by Crippen LogP contribution is -2.42. The highest BCUT2D eigenvalue weighted by molar-refractivity contribution is 6.13. The van der Waals surface area contributed by atoms with Crippen molar-refractivity contribution in [2.24, 2.45) is 5.73 Å². The third-order valence-electron chi connectivity index (χ3n) is 3.58. The van der Waals surface area contributed by atoms with Crippen molar-refractivity contribution in [2.45, 2.75) is 0 Å². The van der Waals surface area contributed by atoms with Crippen LogP contribution in [-0.2, 0) is 4.79 Å². The number of benzene rings is 1. The van der Waals surface area contributed by atoms with Crippen molar-refractivity contribution in [1.82, 2.24) is 9.88 Å². The molecule has 1 aromatic heterocycles. The van der Waals surface area contributed by atoms with Crippen molar-refractivity contribution < 1.29 is 4.79 Å². The number of primary amides is 1. The Morgan fingerprint density at radius 2 is 2.17 bits per heavy atom. The summed E-state index contributed by atoms with van der Waals surface area (Å²) in [7, 11) is 0. The number of nitrogens with zero attached hydrogens (tertiary/aromatic N) is 1. The van der Waals surface area contributed by atoms with Gasteiger partial charge in [0.15, 0.2) is 0 Å². The molecule has 0 saturated carbocycles. The van der Waals surface area contributed by atoms with Gasteiger partial charge in [0.05, 0.1) is 5.35 Å². The predicted octanol–water partition coefficient (Wildman–Crippen LogP) is -0.245. The van der Waals surface area contributed by atoms with E-state index < -0.39 is 5.91 Å². The molecule has 0 spiro atoms. The maximum absolute atomic E-state index is 11.7. The van der Waals surface area contributed by atoms with Gasteiger partial charge in [-0.1, -0.05) is 18.2 Å². The van der Waals surface area contributed by atoms with Crippen LogP contribution in [0, 0.1) is 0 Å². The van der Waals surface area contributed by atoms with E-state index in [1.807, 2.05) is 29.3 Å². The van der Waals surface area contributed by atoms with E-state index in [-0.39, 0.29) is 0 Å². The van der Waals surface area contributed by atoms with Gasteiger partial charge in [-0.25, -0.2) is 0 Å². The molecule has 0 unspecified atom stereocenters. The minimum Gasteiger partial charge on any atom is -0.364 e. The number of fused-ring (bicyclic) bond motifs is 5. The summed E-state index contributed by atoms with van der Waals surface area (Å²) < 4.78 is 0. The fraction of sp³-hybridized carbons (Fsp3) is 0.0714. The lowest BCUT2D eigenvalue weighted by Gasteiger charge is -2.19. The number of carbonyl (C=O) groups is 1. The van der Waals surface area contributed by atoms with Crippen LogP contribution in [-0.4, -0.2) is 22.3 Å². The molecule has 2 aromatic rings. The first-order valence-electron chi connectivity index (χ1n) is 5.84. The number of hydrogen-bond donors (Lipinski definition) is 2. The summed E-state index contributed by atoms with van der Waals surface area (Å²) in [5.74, 6) is -0.395. The monoisotopic (exact) mass is 237 g/mol. The summed E-state index contributed by atoms with van der Waals surface area (Å²) in [6.07, 6.45) is 3.97. The van der Waals surface area contributed by atoms with Crippen molar-refractivity contribution in [3.63, 3.8) is 0 Å². The van der Waals surface area contributed by atoms with Crippen LogP contribution in [0.2, 0.25) is 0 Å². The van der Waals surface area contributed by atoms with Crippen molar-refractivity contribution in [1.29, 1.82) is 0 Å². The summed E-state index contributed by atoms with van der Waals surface area (Å²) in [5.41, 5.74) is 8.33. The number of hydrogen-bond acceptors (Lipinski definition) is 2. The number of aromatic amines is 1. The average Bonchev–Trinajstić information content (AvgIpc) is 2.91. The second-order valence-corrected chi connectivity index (χ2v) is 4.60. The molecule has 4 nitrogen and oxygen atoms in total. The summed E-state index contributed by atoms with van der Waals surface area (Å²) in [5, 5.41) is 3.10. The highest BCUT2D eigenvalue weighted by atomic mass is 16.1. The highest BCUT2D eigenvalue weighted by Crippen LogP contribution is 2.20. The maximum atomic E-state index is 11.7. The fourth-order valence-electron chi connectivity index (χ4n) is 2.85. The Hall–Kier alpha value is -2.49. The summed E-state index contributed by atoms with van der Waals surface area (Å²) in [6, 6.07) is 8.07. The van der Waals surface area contributed by atoms with Gasteiger partial charge in [-0.05, 0) is 17.7 Å². The van der Waals surface area contributed by atoms with Gasteiger partial charge >= 0.3 is 0 Å². The lowest BCUT2D eigenvalue weighted by molar-refractivity contribution is -0.113. The van der Waals surface area contributed by atoms with Crippen molar-refractivity contribution >= 4 is 28.1 Å². The third-order valence-corrected chi connectivity index (χ3v) is 3.58. The molecule has 4 rings (SSSR count). The van der Waals surface area contributed by atoms with Crippen LogP contribution in [0.15, 0.2) is 36.5 Å². The van der Waals surface area contributed by atoms with Gasteiger partial charge in [-0.15, -0.1) is 0 Å². The third kappa shape index (κ3) is 1.02. The number of carbonyl (C=O) groups excluding carboxylic acids is 1. The predicted molar refractivity (Wildman–Crippen MR) is 69.4 cm³/mol. The Morgan fingerprint density at radius 3 is 3.00 bits per heavy atom. The zero-order valence-corrected chi connectivity index (χ0v) is 9.60. The normalized spacial score (nSPS) is 16.6. The lowest BCUT2D eigenvalue weighted by atomic mass is 10.1.